The first-order chi connectivity index (χ1) is 8.97. The summed E-state index contributed by atoms with van der Waals surface area (Å²) in [5.74, 6) is -1.69. The van der Waals surface area contributed by atoms with Crippen LogP contribution in [-0.4, -0.2) is 36.5 Å². The van der Waals surface area contributed by atoms with Gasteiger partial charge in [0, 0.05) is 25.2 Å². The van der Waals surface area contributed by atoms with Gasteiger partial charge in [-0.25, -0.2) is 4.39 Å². The second-order valence-corrected chi connectivity index (χ2v) is 4.32. The van der Waals surface area contributed by atoms with Crippen LogP contribution in [0.2, 0.25) is 0 Å². The molecule has 0 unspecified atom stereocenters. The van der Waals surface area contributed by atoms with E-state index in [-0.39, 0.29) is 11.6 Å². The summed E-state index contributed by atoms with van der Waals surface area (Å²) in [6, 6.07) is 2.82. The van der Waals surface area contributed by atoms with Crippen molar-refractivity contribution in [2.45, 2.75) is 19.1 Å². The molecule has 7 heteroatoms. The average molecular weight is 274 g/mol. The molecule has 1 aromatic rings. The molecule has 2 N–H and O–H groups in total. The van der Waals surface area contributed by atoms with Crippen LogP contribution in [0, 0.1) is 5.82 Å². The van der Waals surface area contributed by atoms with Crippen LogP contribution >= 0.6 is 0 Å². The maximum atomic E-state index is 13.0. The number of carbonyl (C=O) groups is 1. The van der Waals surface area contributed by atoms with Gasteiger partial charge in [-0.05, 0) is 18.6 Å². The number of carbonyl (C=O) groups excluding carboxylic acids is 1. The number of likely N-dealkylation sites (tertiary alicyclic amines) is 1. The van der Waals surface area contributed by atoms with E-state index in [0.29, 0.717) is 19.5 Å². The fourth-order valence-electron chi connectivity index (χ4n) is 2.01. The summed E-state index contributed by atoms with van der Waals surface area (Å²) >= 11 is 0. The zero-order valence-corrected chi connectivity index (χ0v) is 9.98. The number of ether oxygens (including phenoxy) is 1. The highest BCUT2D eigenvalue weighted by Crippen LogP contribution is 2.24. The van der Waals surface area contributed by atoms with Crippen LogP contribution < -0.4 is 10.5 Å². The van der Waals surface area contributed by atoms with Gasteiger partial charge >= 0.3 is 6.61 Å². The van der Waals surface area contributed by atoms with E-state index >= 15 is 0 Å². The van der Waals surface area contributed by atoms with Gasteiger partial charge in [-0.2, -0.15) is 8.78 Å². The number of alkyl halides is 2. The summed E-state index contributed by atoms with van der Waals surface area (Å²) in [6.07, 6.45) is 0.651. The molecule has 1 aliphatic heterocycles. The van der Waals surface area contributed by atoms with E-state index in [1.54, 1.807) is 0 Å². The smallest absolute Gasteiger partial charge is 0.387 e. The topological polar surface area (TPSA) is 55.6 Å². The number of nitrogens with zero attached hydrogens (tertiary/aromatic N) is 1. The molecule has 104 valence electrons. The van der Waals surface area contributed by atoms with E-state index in [1.807, 2.05) is 0 Å². The Kier molecular flexibility index (Phi) is 3.94. The van der Waals surface area contributed by atoms with Crippen LogP contribution in [0.3, 0.4) is 0 Å². The predicted octanol–water partition coefficient (Wildman–Crippen LogP) is 1.60. The Morgan fingerprint density at radius 3 is 2.79 bits per heavy atom. The molecular weight excluding hydrogens is 261 g/mol. The first-order valence-corrected chi connectivity index (χ1v) is 5.76. The molecule has 1 aromatic carbocycles. The Morgan fingerprint density at radius 1 is 1.47 bits per heavy atom. The van der Waals surface area contributed by atoms with Gasteiger partial charge in [-0.1, -0.05) is 0 Å². The van der Waals surface area contributed by atoms with Crippen LogP contribution in [-0.2, 0) is 0 Å². The van der Waals surface area contributed by atoms with Crippen LogP contribution in [0.25, 0.3) is 0 Å². The fourth-order valence-corrected chi connectivity index (χ4v) is 2.01. The molecule has 0 aromatic heterocycles. The second kappa shape index (κ2) is 5.48. The normalized spacial score (nSPS) is 19.0. The van der Waals surface area contributed by atoms with Crippen molar-refractivity contribution in [2.24, 2.45) is 5.73 Å². The van der Waals surface area contributed by atoms with Crippen LogP contribution in [0.1, 0.15) is 16.8 Å². The van der Waals surface area contributed by atoms with Crippen molar-refractivity contribution in [1.29, 1.82) is 0 Å². The molecule has 0 radical (unpaired) electrons. The summed E-state index contributed by atoms with van der Waals surface area (Å²) in [6.45, 7) is -2.32. The molecule has 1 aliphatic rings. The van der Waals surface area contributed by atoms with Gasteiger partial charge in [0.25, 0.3) is 5.91 Å². The lowest BCUT2D eigenvalue weighted by molar-refractivity contribution is -0.0504. The first-order valence-electron chi connectivity index (χ1n) is 5.76. The summed E-state index contributed by atoms with van der Waals surface area (Å²) in [7, 11) is 0. The van der Waals surface area contributed by atoms with E-state index < -0.39 is 24.1 Å². The van der Waals surface area contributed by atoms with Crippen LogP contribution in [0.15, 0.2) is 18.2 Å². The third-order valence-corrected chi connectivity index (χ3v) is 2.90. The molecule has 19 heavy (non-hydrogen) atoms. The van der Waals surface area contributed by atoms with Crippen molar-refractivity contribution in [2.75, 3.05) is 13.1 Å². The highest BCUT2D eigenvalue weighted by atomic mass is 19.3. The lowest BCUT2D eigenvalue weighted by Crippen LogP contribution is -2.32. The predicted molar refractivity (Wildman–Crippen MR) is 61.5 cm³/mol. The third-order valence-electron chi connectivity index (χ3n) is 2.90. The molecule has 1 atom stereocenters. The van der Waals surface area contributed by atoms with Gasteiger partial charge in [0.1, 0.15) is 11.6 Å². The SMILES string of the molecule is N[C@@H]1CCN(C(=O)c2ccc(F)cc2OC(F)F)C1. The zero-order chi connectivity index (χ0) is 14.0. The molecule has 0 aliphatic carbocycles. The molecule has 1 heterocycles. The Balaban J connectivity index is 2.25. The van der Waals surface area contributed by atoms with Crippen LogP contribution in [0.4, 0.5) is 13.2 Å². The zero-order valence-electron chi connectivity index (χ0n) is 9.98. The average Bonchev–Trinajstić information content (AvgIpc) is 2.74. The molecule has 2 rings (SSSR count). The van der Waals surface area contributed by atoms with Gasteiger partial charge < -0.3 is 15.4 Å². The van der Waals surface area contributed by atoms with E-state index in [4.69, 9.17) is 5.73 Å². The Bertz CT molecular complexity index is 482. The molecular formula is C12H13F3N2O2. The number of nitrogens with two attached hydrogens (primary N) is 1. The molecule has 0 bridgehead atoms. The van der Waals surface area contributed by atoms with E-state index in [9.17, 15) is 18.0 Å². The van der Waals surface area contributed by atoms with Crippen molar-refractivity contribution in [1.82, 2.24) is 4.90 Å². The minimum absolute atomic E-state index is 0.0872. The summed E-state index contributed by atoms with van der Waals surface area (Å²) in [5.41, 5.74) is 5.59. The minimum atomic E-state index is -3.12. The summed E-state index contributed by atoms with van der Waals surface area (Å²) in [5, 5.41) is 0. The number of amides is 1. The molecule has 1 fully saturated rings. The van der Waals surface area contributed by atoms with Gasteiger partial charge in [0.15, 0.2) is 0 Å². The number of hydrogen-bond acceptors (Lipinski definition) is 3. The standard InChI is InChI=1S/C12H13F3N2O2/c13-7-1-2-9(10(5-7)19-12(14)15)11(18)17-4-3-8(16)6-17/h1-2,5,8,12H,3-4,6,16H2/t8-/m1/s1. The van der Waals surface area contributed by atoms with Crippen molar-refractivity contribution in [3.8, 4) is 5.75 Å². The number of halogens is 3. The first kappa shape index (κ1) is 13.7. The number of hydrogen-bond donors (Lipinski definition) is 1. The third kappa shape index (κ3) is 3.17. The summed E-state index contributed by atoms with van der Waals surface area (Å²) in [4.78, 5) is 13.6. The molecule has 1 saturated heterocycles. The number of benzene rings is 1. The monoisotopic (exact) mass is 274 g/mol. The van der Waals surface area contributed by atoms with Crippen LogP contribution in [0.5, 0.6) is 5.75 Å². The van der Waals surface area contributed by atoms with Crippen molar-refractivity contribution >= 4 is 5.91 Å². The minimum Gasteiger partial charge on any atom is -0.434 e. The highest BCUT2D eigenvalue weighted by Gasteiger charge is 2.27. The van der Waals surface area contributed by atoms with Crippen molar-refractivity contribution in [3.05, 3.63) is 29.6 Å². The van der Waals surface area contributed by atoms with Gasteiger partial charge in [-0.3, -0.25) is 4.79 Å². The molecule has 0 saturated carbocycles. The fraction of sp³-hybridized carbons (Fsp3) is 0.417. The second-order valence-electron chi connectivity index (χ2n) is 4.32. The van der Waals surface area contributed by atoms with Crippen molar-refractivity contribution < 1.29 is 22.7 Å². The van der Waals surface area contributed by atoms with Gasteiger partial charge in [0.05, 0.1) is 5.56 Å². The lowest BCUT2D eigenvalue weighted by atomic mass is 10.1. The van der Waals surface area contributed by atoms with Gasteiger partial charge in [0.2, 0.25) is 0 Å². The molecule has 4 nitrogen and oxygen atoms in total. The Hall–Kier alpha value is -1.76. The Labute approximate surface area is 107 Å². The van der Waals surface area contributed by atoms with E-state index in [0.717, 1.165) is 18.2 Å². The lowest BCUT2D eigenvalue weighted by Gasteiger charge is -2.18. The molecule has 0 spiro atoms. The Morgan fingerprint density at radius 2 is 2.21 bits per heavy atom. The maximum absolute atomic E-state index is 13.0. The maximum Gasteiger partial charge on any atom is 0.387 e. The van der Waals surface area contributed by atoms with E-state index in [2.05, 4.69) is 4.74 Å². The van der Waals surface area contributed by atoms with Crippen molar-refractivity contribution in [3.63, 3.8) is 0 Å². The van der Waals surface area contributed by atoms with E-state index in [1.165, 1.54) is 4.90 Å². The molecule has 1 amide bonds. The largest absolute Gasteiger partial charge is 0.434 e. The quantitative estimate of drug-likeness (QED) is 0.910. The number of rotatable bonds is 3. The highest BCUT2D eigenvalue weighted by molar-refractivity contribution is 5.97. The summed E-state index contributed by atoms with van der Waals surface area (Å²) < 4.78 is 41.7. The van der Waals surface area contributed by atoms with Gasteiger partial charge in [-0.15, -0.1) is 0 Å².